The van der Waals surface area contributed by atoms with Gasteiger partial charge in [0.05, 0.1) is 39.6 Å². The van der Waals surface area contributed by atoms with Crippen molar-refractivity contribution in [1.29, 1.82) is 0 Å². The Morgan fingerprint density at radius 2 is 0.746 bits per heavy atom. The summed E-state index contributed by atoms with van der Waals surface area (Å²) < 4.78 is 31.7. The topological polar surface area (TPSA) is 164 Å². The first-order valence-corrected chi connectivity index (χ1v) is 27.6. The van der Waals surface area contributed by atoms with Gasteiger partial charge in [-0.1, -0.05) is 220 Å². The Morgan fingerprint density at radius 1 is 0.448 bits per heavy atom. The summed E-state index contributed by atoms with van der Waals surface area (Å²) in [6, 6.07) is 0. The molecule has 12 heteroatoms. The van der Waals surface area contributed by atoms with Gasteiger partial charge in [0.25, 0.3) is 0 Å². The Bertz CT molecular complexity index is 1170. The molecule has 0 amide bonds. The fourth-order valence-electron chi connectivity index (χ4n) is 8.03. The highest BCUT2D eigenvalue weighted by molar-refractivity contribution is 5.81. The molecule has 12 nitrogen and oxygen atoms in total. The average Bonchev–Trinajstić information content (AvgIpc) is 3.33. The number of carbonyl (C=O) groups is 4. The van der Waals surface area contributed by atoms with E-state index in [0.717, 1.165) is 32.1 Å². The summed E-state index contributed by atoms with van der Waals surface area (Å²) in [6.45, 7) is 11.0. The number of hydrogen-bond acceptors (Lipinski definition) is 12. The molecule has 0 aromatic rings. The molecule has 0 radical (unpaired) electrons. The van der Waals surface area contributed by atoms with Crippen LogP contribution in [0.15, 0.2) is 0 Å². The standard InChI is InChI=1S/C29H54O6.C26H50O6/c1-5-7-8-9-10-11-12-13-14-15-16-17-18-19-20-21-22-32-26(30)23-33-27(31)29(6-2)24-34-28(3,4)35-25-29;1-3-5-6-7-8-9-10-11-12-13-14-15-16-17-18-19-20-31-24(29)21-32-25(30)26(4-2,22-27)23-28/h5-25H2,1-4H3;27-28H,3-23H2,1-2H3. The highest BCUT2D eigenvalue weighted by atomic mass is 16.7. The lowest BCUT2D eigenvalue weighted by Gasteiger charge is -2.41. The number of aliphatic hydroxyl groups is 2. The molecular weight excluding hydrogens is 853 g/mol. The zero-order chi connectivity index (χ0) is 49.8. The lowest BCUT2D eigenvalue weighted by Crippen LogP contribution is -2.51. The maximum atomic E-state index is 12.5. The summed E-state index contributed by atoms with van der Waals surface area (Å²) in [5.74, 6) is -3.03. The Balaban J connectivity index is 0.00000131. The second-order valence-corrected chi connectivity index (χ2v) is 19.8. The summed E-state index contributed by atoms with van der Waals surface area (Å²) in [6.07, 6.45) is 42.3. The number of esters is 4. The van der Waals surface area contributed by atoms with E-state index in [1.54, 1.807) is 6.92 Å². The van der Waals surface area contributed by atoms with E-state index in [9.17, 15) is 29.4 Å². The molecule has 0 aromatic heterocycles. The molecule has 0 spiro atoms. The molecular formula is C55H104O12. The van der Waals surface area contributed by atoms with Gasteiger partial charge in [-0.3, -0.25) is 9.59 Å². The fraction of sp³-hybridized carbons (Fsp3) is 0.927. The van der Waals surface area contributed by atoms with Crippen LogP contribution in [0.25, 0.3) is 0 Å². The minimum atomic E-state index is -1.35. The van der Waals surface area contributed by atoms with Crippen LogP contribution in [0.5, 0.6) is 0 Å². The number of unbranched alkanes of at least 4 members (excludes halogenated alkanes) is 30. The van der Waals surface area contributed by atoms with Crippen LogP contribution >= 0.6 is 0 Å². The normalized spacial score (nSPS) is 14.2. The Labute approximate surface area is 409 Å². The van der Waals surface area contributed by atoms with Gasteiger partial charge in [0, 0.05) is 0 Å². The van der Waals surface area contributed by atoms with Crippen molar-refractivity contribution in [3.8, 4) is 0 Å². The number of hydrogen-bond donors (Lipinski definition) is 2. The first-order valence-electron chi connectivity index (χ1n) is 27.6. The van der Waals surface area contributed by atoms with Gasteiger partial charge in [-0.2, -0.15) is 0 Å². The van der Waals surface area contributed by atoms with Crippen LogP contribution in [0.4, 0.5) is 0 Å². The van der Waals surface area contributed by atoms with Crippen molar-refractivity contribution in [1.82, 2.24) is 0 Å². The lowest BCUT2D eigenvalue weighted by molar-refractivity contribution is -0.285. The molecule has 0 bridgehead atoms. The first-order chi connectivity index (χ1) is 32.4. The van der Waals surface area contributed by atoms with Gasteiger partial charge in [-0.05, 0) is 39.5 Å². The smallest absolute Gasteiger partial charge is 0.344 e. The summed E-state index contributed by atoms with van der Waals surface area (Å²) >= 11 is 0. The minimum absolute atomic E-state index is 0.226. The molecule has 0 saturated carbocycles. The van der Waals surface area contributed by atoms with Crippen LogP contribution < -0.4 is 0 Å². The molecule has 0 aromatic carbocycles. The van der Waals surface area contributed by atoms with E-state index in [1.165, 1.54) is 173 Å². The molecule has 0 aliphatic carbocycles. The molecule has 1 saturated heterocycles. The number of carbonyl (C=O) groups excluding carboxylic acids is 4. The number of rotatable bonds is 44. The summed E-state index contributed by atoms with van der Waals surface area (Å²) in [7, 11) is 0. The molecule has 1 fully saturated rings. The second-order valence-electron chi connectivity index (χ2n) is 19.8. The van der Waals surface area contributed by atoms with Gasteiger partial charge in [0.15, 0.2) is 19.0 Å². The maximum absolute atomic E-state index is 12.5. The Kier molecular flexibility index (Phi) is 42.2. The zero-order valence-electron chi connectivity index (χ0n) is 44.2. The van der Waals surface area contributed by atoms with Gasteiger partial charge in [0.1, 0.15) is 10.8 Å². The summed E-state index contributed by atoms with van der Waals surface area (Å²) in [4.78, 5) is 48.1. The van der Waals surface area contributed by atoms with Gasteiger partial charge < -0.3 is 38.6 Å². The number of aliphatic hydroxyl groups excluding tert-OH is 2. The predicted molar refractivity (Wildman–Crippen MR) is 269 cm³/mol. The maximum Gasteiger partial charge on any atom is 0.344 e. The van der Waals surface area contributed by atoms with E-state index in [2.05, 4.69) is 13.8 Å². The van der Waals surface area contributed by atoms with Crippen LogP contribution in [-0.4, -0.2) is 92.7 Å². The Hall–Kier alpha value is -2.28. The third-order valence-electron chi connectivity index (χ3n) is 13.4. The Morgan fingerprint density at radius 3 is 1.03 bits per heavy atom. The molecule has 67 heavy (non-hydrogen) atoms. The van der Waals surface area contributed by atoms with E-state index in [0.29, 0.717) is 19.6 Å². The van der Waals surface area contributed by atoms with Crippen molar-refractivity contribution >= 4 is 23.9 Å². The molecule has 2 N–H and O–H groups in total. The molecule has 396 valence electrons. The summed E-state index contributed by atoms with van der Waals surface area (Å²) in [5, 5.41) is 18.6. The van der Waals surface area contributed by atoms with Crippen molar-refractivity contribution in [2.75, 3.05) is 52.9 Å². The predicted octanol–water partition coefficient (Wildman–Crippen LogP) is 13.2. The van der Waals surface area contributed by atoms with E-state index in [4.69, 9.17) is 28.4 Å². The SMILES string of the molecule is CCCCCCCCCCCCCCCCCCOC(=O)COC(=O)C(CC)(CO)CO.CCCCCCCCCCCCCCCCCCOC(=O)COC(=O)C1(CC)COC(C)(C)OC1. The highest BCUT2D eigenvalue weighted by Gasteiger charge is 2.46. The van der Waals surface area contributed by atoms with Crippen molar-refractivity contribution < 1.29 is 57.8 Å². The third-order valence-corrected chi connectivity index (χ3v) is 13.4. The second kappa shape index (κ2) is 43.7. The molecule has 1 rings (SSSR count). The molecule has 0 atom stereocenters. The van der Waals surface area contributed by atoms with Crippen LogP contribution in [0.2, 0.25) is 0 Å². The quantitative estimate of drug-likeness (QED) is 0.0338. The van der Waals surface area contributed by atoms with Crippen LogP contribution in [-0.2, 0) is 47.6 Å². The van der Waals surface area contributed by atoms with Crippen LogP contribution in [0, 0.1) is 10.8 Å². The van der Waals surface area contributed by atoms with Crippen molar-refractivity contribution in [3.05, 3.63) is 0 Å². The van der Waals surface area contributed by atoms with Gasteiger partial charge in [-0.15, -0.1) is 0 Å². The van der Waals surface area contributed by atoms with Crippen LogP contribution in [0.1, 0.15) is 260 Å². The lowest BCUT2D eigenvalue weighted by atomic mass is 9.86. The number of ether oxygens (including phenoxy) is 6. The van der Waals surface area contributed by atoms with Gasteiger partial charge in [-0.25, -0.2) is 9.59 Å². The van der Waals surface area contributed by atoms with Gasteiger partial charge >= 0.3 is 23.9 Å². The highest BCUT2D eigenvalue weighted by Crippen LogP contribution is 2.34. The average molecular weight is 957 g/mol. The van der Waals surface area contributed by atoms with Crippen molar-refractivity contribution in [2.45, 2.75) is 266 Å². The fourth-order valence-corrected chi connectivity index (χ4v) is 8.03. The molecule has 1 heterocycles. The van der Waals surface area contributed by atoms with Crippen molar-refractivity contribution in [3.63, 3.8) is 0 Å². The third kappa shape index (κ3) is 34.6. The van der Waals surface area contributed by atoms with E-state index in [1.807, 2.05) is 20.8 Å². The first kappa shape index (κ1) is 64.7. The van der Waals surface area contributed by atoms with E-state index >= 15 is 0 Å². The minimum Gasteiger partial charge on any atom is -0.463 e. The van der Waals surface area contributed by atoms with Crippen molar-refractivity contribution in [2.24, 2.45) is 10.8 Å². The monoisotopic (exact) mass is 957 g/mol. The van der Waals surface area contributed by atoms with E-state index < -0.39 is 60.3 Å². The zero-order valence-corrected chi connectivity index (χ0v) is 44.2. The summed E-state index contributed by atoms with van der Waals surface area (Å²) in [5.41, 5.74) is -2.21. The molecule has 1 aliphatic rings. The van der Waals surface area contributed by atoms with Gasteiger partial charge in [0.2, 0.25) is 0 Å². The van der Waals surface area contributed by atoms with E-state index in [-0.39, 0.29) is 26.2 Å². The largest absolute Gasteiger partial charge is 0.463 e. The molecule has 1 aliphatic heterocycles. The van der Waals surface area contributed by atoms with Crippen LogP contribution in [0.3, 0.4) is 0 Å². The molecule has 0 unspecified atom stereocenters.